The van der Waals surface area contributed by atoms with Crippen LogP contribution in [-0.2, 0) is 11.2 Å². The number of Topliss-reactive ketones (excluding diaryl/α,β-unsaturated/α-hetero) is 1. The molecular weight excluding hydrogens is 568 g/mol. The van der Waals surface area contributed by atoms with Crippen LogP contribution in [0.4, 0.5) is 0 Å². The summed E-state index contributed by atoms with van der Waals surface area (Å²) in [7, 11) is 4.77. The van der Waals surface area contributed by atoms with Gasteiger partial charge in [-0.05, 0) is 31.6 Å². The molecule has 43 heavy (non-hydrogen) atoms. The minimum Gasteiger partial charge on any atom is -0.507 e. The van der Waals surface area contributed by atoms with Gasteiger partial charge in [0.05, 0.1) is 42.9 Å². The zero-order chi connectivity index (χ0) is 31.0. The number of nitrogens with zero attached hydrogens (tertiary/aromatic N) is 1. The highest BCUT2D eigenvalue weighted by atomic mass is 16.7. The number of esters is 1. The average molecular weight is 595 g/mol. The first-order valence-electron chi connectivity index (χ1n) is 13.1. The summed E-state index contributed by atoms with van der Waals surface area (Å²) < 4.78 is 21.5. The number of aliphatic hydroxyl groups is 1. The fourth-order valence-corrected chi connectivity index (χ4v) is 5.63. The number of likely N-dealkylation sites (N-methyl/N-ethyl adjacent to an activating group) is 1. The first kappa shape index (κ1) is 28.1. The number of nitrogens with one attached hydrogen (secondary N) is 1. The number of aromatic hydroxyl groups is 3. The minimum atomic E-state index is -1.82. The van der Waals surface area contributed by atoms with Gasteiger partial charge < -0.3 is 49.3 Å². The molecule has 1 aliphatic carbocycles. The number of phenolic OH excluding ortho intramolecular Hbond substituents is 3. The lowest BCUT2D eigenvalue weighted by Gasteiger charge is -2.37. The molecule has 5 N–H and O–H groups in total. The lowest BCUT2D eigenvalue weighted by molar-refractivity contribution is -0.139. The van der Waals surface area contributed by atoms with Gasteiger partial charge in [-0.25, -0.2) is 9.59 Å². The third-order valence-electron chi connectivity index (χ3n) is 7.65. The molecule has 2 atom stereocenters. The summed E-state index contributed by atoms with van der Waals surface area (Å²) in [6.45, 7) is 0.881. The van der Waals surface area contributed by atoms with Crippen LogP contribution in [0.3, 0.4) is 0 Å². The fraction of sp³-hybridized carbons (Fsp3) is 0.310. The highest BCUT2D eigenvalue weighted by molar-refractivity contribution is 6.27. The van der Waals surface area contributed by atoms with Crippen molar-refractivity contribution in [2.24, 2.45) is 0 Å². The van der Waals surface area contributed by atoms with E-state index in [1.807, 2.05) is 19.0 Å². The quantitative estimate of drug-likeness (QED) is 0.208. The summed E-state index contributed by atoms with van der Waals surface area (Å²) in [6.07, 6.45) is -0.905. The van der Waals surface area contributed by atoms with Crippen LogP contribution in [0.15, 0.2) is 33.1 Å². The Morgan fingerprint density at radius 2 is 1.79 bits per heavy atom. The molecule has 14 nitrogen and oxygen atoms in total. The summed E-state index contributed by atoms with van der Waals surface area (Å²) in [6, 6.07) is 2.52. The zero-order valence-electron chi connectivity index (χ0n) is 23.1. The van der Waals surface area contributed by atoms with Crippen molar-refractivity contribution in [1.29, 1.82) is 0 Å². The smallest absolute Gasteiger partial charge is 0.374 e. The first-order chi connectivity index (χ1) is 20.4. The molecular formula is C29H26N2O12. The predicted molar refractivity (Wildman–Crippen MR) is 146 cm³/mol. The Kier molecular flexibility index (Phi) is 6.36. The number of fused-ring (bicyclic) bond motifs is 4. The van der Waals surface area contributed by atoms with Gasteiger partial charge in [-0.3, -0.25) is 9.59 Å². The highest BCUT2D eigenvalue weighted by Gasteiger charge is 2.52. The van der Waals surface area contributed by atoms with Crippen LogP contribution in [0.25, 0.3) is 10.8 Å². The Morgan fingerprint density at radius 1 is 1.07 bits per heavy atom. The van der Waals surface area contributed by atoms with E-state index in [9.17, 15) is 39.6 Å². The van der Waals surface area contributed by atoms with Crippen LogP contribution in [0.1, 0.15) is 54.9 Å². The van der Waals surface area contributed by atoms with Crippen molar-refractivity contribution in [2.45, 2.75) is 24.7 Å². The van der Waals surface area contributed by atoms with Crippen molar-refractivity contribution in [1.82, 2.24) is 10.2 Å². The van der Waals surface area contributed by atoms with Gasteiger partial charge in [0.25, 0.3) is 5.79 Å². The second-order valence-corrected chi connectivity index (χ2v) is 10.7. The third kappa shape index (κ3) is 4.25. The van der Waals surface area contributed by atoms with Gasteiger partial charge in [0.2, 0.25) is 11.5 Å². The second kappa shape index (κ2) is 9.74. The number of rotatable bonds is 5. The van der Waals surface area contributed by atoms with Crippen molar-refractivity contribution in [3.8, 4) is 28.7 Å². The van der Waals surface area contributed by atoms with Crippen LogP contribution in [0.5, 0.6) is 28.7 Å². The summed E-state index contributed by atoms with van der Waals surface area (Å²) in [5.74, 6) is -7.25. The summed E-state index contributed by atoms with van der Waals surface area (Å²) >= 11 is 0. The number of aliphatic hydroxyl groups excluding tert-OH is 1. The largest absolute Gasteiger partial charge is 0.507 e. The monoisotopic (exact) mass is 594 g/mol. The Morgan fingerprint density at radius 3 is 2.49 bits per heavy atom. The van der Waals surface area contributed by atoms with Crippen LogP contribution in [-0.4, -0.2) is 82.9 Å². The van der Waals surface area contributed by atoms with Crippen LogP contribution >= 0.6 is 0 Å². The van der Waals surface area contributed by atoms with E-state index in [1.54, 1.807) is 0 Å². The van der Waals surface area contributed by atoms with Gasteiger partial charge in [0, 0.05) is 30.3 Å². The summed E-state index contributed by atoms with van der Waals surface area (Å²) in [5.41, 5.74) is -1.97. The molecule has 0 bridgehead atoms. The number of carbonyl (C=O) groups is 3. The molecule has 3 aliphatic rings. The number of carbonyl (C=O) groups excluding carboxylic acids is 3. The maximum absolute atomic E-state index is 13.3. The molecule has 3 heterocycles. The maximum Gasteiger partial charge on any atom is 0.374 e. The van der Waals surface area contributed by atoms with Crippen molar-refractivity contribution < 1.29 is 53.4 Å². The summed E-state index contributed by atoms with van der Waals surface area (Å²) in [5, 5.41) is 47.1. The van der Waals surface area contributed by atoms with Gasteiger partial charge in [-0.2, -0.15) is 0 Å². The Labute approximate surface area is 242 Å². The van der Waals surface area contributed by atoms with E-state index in [0.717, 1.165) is 13.2 Å². The van der Waals surface area contributed by atoms with E-state index in [-0.39, 0.29) is 51.9 Å². The van der Waals surface area contributed by atoms with E-state index in [4.69, 9.17) is 13.9 Å². The number of hydrogen-bond acceptors (Lipinski definition) is 14. The van der Waals surface area contributed by atoms with E-state index < -0.39 is 69.2 Å². The number of ether oxygens (including phenoxy) is 3. The number of phenols is 3. The molecule has 224 valence electrons. The van der Waals surface area contributed by atoms with Crippen LogP contribution < -0.4 is 20.4 Å². The molecule has 1 spiro atoms. The lowest BCUT2D eigenvalue weighted by Crippen LogP contribution is -2.45. The maximum atomic E-state index is 13.3. The van der Waals surface area contributed by atoms with Crippen LogP contribution in [0, 0.1) is 0 Å². The first-order valence-corrected chi connectivity index (χ1v) is 13.1. The lowest BCUT2D eigenvalue weighted by atomic mass is 9.86. The van der Waals surface area contributed by atoms with Crippen molar-refractivity contribution >= 4 is 28.3 Å². The van der Waals surface area contributed by atoms with Crippen molar-refractivity contribution in [3.63, 3.8) is 0 Å². The number of benzene rings is 2. The molecule has 2 aromatic carbocycles. The number of allylic oxidation sites excluding steroid dienone is 2. The van der Waals surface area contributed by atoms with Gasteiger partial charge >= 0.3 is 11.6 Å². The number of hydrogen-bond donors (Lipinski definition) is 5. The molecule has 6 rings (SSSR count). The molecule has 14 heteroatoms. The Hall–Kier alpha value is -5.08. The molecule has 3 aromatic rings. The predicted octanol–water partition coefficient (Wildman–Crippen LogP) is 1.26. The Bertz CT molecular complexity index is 1860. The standard InChI is InChI=1S/C29H26N2O12/c1-31(2)5-4-30-14-8-15(32)19-20(22(14)35)24(37)26-13(21(19)34)9-29(43-26)10-16(33)12-6-11-7-17(27(38)40-3)41-28(39)18(11)23(36)25(12)42-29/h6-8,16,30,33-34,36-37H,4-5,9-10H2,1-3H3. The topological polar surface area (TPSA) is 205 Å². The second-order valence-electron chi connectivity index (χ2n) is 10.7. The van der Waals surface area contributed by atoms with Crippen molar-refractivity contribution in [3.05, 3.63) is 62.3 Å². The summed E-state index contributed by atoms with van der Waals surface area (Å²) in [4.78, 5) is 52.8. The third-order valence-corrected chi connectivity index (χ3v) is 7.65. The molecule has 2 aliphatic heterocycles. The minimum absolute atomic E-state index is 0.0482. The molecule has 0 saturated heterocycles. The molecule has 0 fully saturated rings. The highest BCUT2D eigenvalue weighted by Crippen LogP contribution is 2.56. The van der Waals surface area contributed by atoms with E-state index in [1.165, 1.54) is 12.1 Å². The van der Waals surface area contributed by atoms with Gasteiger partial charge in [0.15, 0.2) is 28.8 Å². The molecule has 0 amide bonds. The number of ketones is 2. The zero-order valence-corrected chi connectivity index (χ0v) is 23.1. The van der Waals surface area contributed by atoms with E-state index in [2.05, 4.69) is 10.1 Å². The number of methoxy groups -OCH3 is 1. The molecule has 0 saturated carbocycles. The van der Waals surface area contributed by atoms with Crippen molar-refractivity contribution in [2.75, 3.05) is 34.3 Å². The SMILES string of the molecule is COC(=O)c1cc2cc3c(c(O)c2c(=O)o1)OC1(Cc2c(O)c4c(c(O)c2O1)C(=O)C(NCCN(C)C)=CC4=O)CC3O. The van der Waals surface area contributed by atoms with E-state index >= 15 is 0 Å². The van der Waals surface area contributed by atoms with Gasteiger partial charge in [-0.1, -0.05) is 0 Å². The fourth-order valence-electron chi connectivity index (χ4n) is 5.63. The van der Waals surface area contributed by atoms with E-state index in [0.29, 0.717) is 13.1 Å². The van der Waals surface area contributed by atoms with Gasteiger partial charge in [-0.15, -0.1) is 0 Å². The molecule has 0 radical (unpaired) electrons. The Balaban J connectivity index is 1.39. The van der Waals surface area contributed by atoms with Gasteiger partial charge in [0.1, 0.15) is 11.1 Å². The molecule has 2 unspecified atom stereocenters. The normalized spacial score (nSPS) is 20.3. The average Bonchev–Trinajstić information content (AvgIpc) is 3.32. The molecule has 1 aromatic heterocycles. The van der Waals surface area contributed by atoms with Crippen LogP contribution in [0.2, 0.25) is 0 Å².